The van der Waals surface area contributed by atoms with Gasteiger partial charge in [0.05, 0.1) is 16.8 Å². The summed E-state index contributed by atoms with van der Waals surface area (Å²) in [5, 5.41) is 0. The van der Waals surface area contributed by atoms with E-state index in [2.05, 4.69) is 4.98 Å². The second-order valence-electron chi connectivity index (χ2n) is 6.50. The molecule has 6 heteroatoms. The zero-order chi connectivity index (χ0) is 15.1. The van der Waals surface area contributed by atoms with Crippen LogP contribution in [0.25, 0.3) is 0 Å². The molecule has 1 aromatic rings. The lowest BCUT2D eigenvalue weighted by molar-refractivity contribution is 0.00578. The summed E-state index contributed by atoms with van der Waals surface area (Å²) >= 11 is 0. The van der Waals surface area contributed by atoms with Gasteiger partial charge in [0.2, 0.25) is 0 Å². The van der Waals surface area contributed by atoms with E-state index in [0.29, 0.717) is 17.6 Å². The number of hydrogen-bond acceptors (Lipinski definition) is 4. The monoisotopic (exact) mass is 278 g/mol. The van der Waals surface area contributed by atoms with Crippen molar-refractivity contribution in [1.29, 1.82) is 0 Å². The van der Waals surface area contributed by atoms with E-state index in [1.165, 1.54) is 6.07 Å². The maximum Gasteiger partial charge on any atom is 0.512 e. The molecule has 110 valence electrons. The Morgan fingerprint density at radius 2 is 1.85 bits per heavy atom. The first-order valence-electron chi connectivity index (χ1n) is 6.96. The highest BCUT2D eigenvalue weighted by Gasteiger charge is 2.52. The fraction of sp³-hybridized carbons (Fsp3) is 0.643. The van der Waals surface area contributed by atoms with Gasteiger partial charge in [-0.1, -0.05) is 0 Å². The van der Waals surface area contributed by atoms with E-state index in [-0.39, 0.29) is 11.5 Å². The minimum Gasteiger partial charge on any atom is -0.398 e. The molecule has 1 saturated heterocycles. The van der Waals surface area contributed by atoms with Gasteiger partial charge < -0.3 is 20.0 Å². The first-order valence-corrected chi connectivity index (χ1v) is 6.96. The van der Waals surface area contributed by atoms with E-state index in [0.717, 1.165) is 0 Å². The van der Waals surface area contributed by atoms with Crippen LogP contribution in [0.2, 0.25) is 0 Å². The highest BCUT2D eigenvalue weighted by molar-refractivity contribution is 6.61. The smallest absolute Gasteiger partial charge is 0.398 e. The van der Waals surface area contributed by atoms with Gasteiger partial charge in [0.15, 0.2) is 5.43 Å². The molecule has 0 bridgehead atoms. The summed E-state index contributed by atoms with van der Waals surface area (Å²) in [4.78, 5) is 15.2. The molecule has 1 atom stereocenters. The number of aromatic amines is 1. The molecule has 1 aliphatic rings. The van der Waals surface area contributed by atoms with Gasteiger partial charge in [0.25, 0.3) is 0 Å². The van der Waals surface area contributed by atoms with Crippen LogP contribution >= 0.6 is 0 Å². The lowest BCUT2D eigenvalue weighted by Crippen LogP contribution is -2.43. The second kappa shape index (κ2) is 5.02. The number of hydrogen-bond donors (Lipinski definition) is 2. The van der Waals surface area contributed by atoms with Gasteiger partial charge in [-0.05, 0) is 41.0 Å². The van der Waals surface area contributed by atoms with E-state index >= 15 is 0 Å². The van der Waals surface area contributed by atoms with Crippen molar-refractivity contribution in [2.45, 2.75) is 58.3 Å². The summed E-state index contributed by atoms with van der Waals surface area (Å²) in [6.07, 6.45) is 2.11. The Balaban J connectivity index is 2.40. The molecule has 1 fully saturated rings. The predicted octanol–water partition coefficient (Wildman–Crippen LogP) is 0.564. The molecule has 2 rings (SSSR count). The molecule has 1 aliphatic heterocycles. The van der Waals surface area contributed by atoms with Crippen LogP contribution in [0.4, 0.5) is 0 Å². The van der Waals surface area contributed by atoms with Gasteiger partial charge >= 0.3 is 7.12 Å². The Labute approximate surface area is 120 Å². The molecule has 5 nitrogen and oxygen atoms in total. The van der Waals surface area contributed by atoms with E-state index in [4.69, 9.17) is 15.0 Å². The van der Waals surface area contributed by atoms with Crippen LogP contribution in [0.15, 0.2) is 17.1 Å². The van der Waals surface area contributed by atoms with Crippen molar-refractivity contribution >= 4 is 12.7 Å². The molecule has 0 aromatic carbocycles. The lowest BCUT2D eigenvalue weighted by atomic mass is 9.79. The highest BCUT2D eigenvalue weighted by atomic mass is 16.7. The third-order valence-electron chi connectivity index (χ3n) is 4.11. The van der Waals surface area contributed by atoms with Crippen molar-refractivity contribution in [1.82, 2.24) is 4.98 Å². The fourth-order valence-corrected chi connectivity index (χ4v) is 2.23. The van der Waals surface area contributed by atoms with Gasteiger partial charge in [-0.2, -0.15) is 0 Å². The number of nitrogens with two attached hydrogens (primary N) is 1. The summed E-state index contributed by atoms with van der Waals surface area (Å²) in [6.45, 7) is 9.82. The third kappa shape index (κ3) is 2.68. The molecular weight excluding hydrogens is 255 g/mol. The van der Waals surface area contributed by atoms with Crippen molar-refractivity contribution in [3.63, 3.8) is 0 Å². The van der Waals surface area contributed by atoms with Gasteiger partial charge in [0.1, 0.15) is 0 Å². The zero-order valence-corrected chi connectivity index (χ0v) is 12.8. The molecular formula is C14H23BN2O3. The van der Waals surface area contributed by atoms with Gasteiger partial charge in [-0.25, -0.2) is 0 Å². The zero-order valence-electron chi connectivity index (χ0n) is 12.8. The highest BCUT2D eigenvalue weighted by Crippen LogP contribution is 2.36. The Bertz CT molecular complexity index is 536. The van der Waals surface area contributed by atoms with Crippen LogP contribution in [-0.4, -0.2) is 29.3 Å². The van der Waals surface area contributed by atoms with Crippen molar-refractivity contribution in [3.05, 3.63) is 28.0 Å². The first kappa shape index (κ1) is 15.3. The molecule has 0 aliphatic carbocycles. The third-order valence-corrected chi connectivity index (χ3v) is 4.11. The van der Waals surface area contributed by atoms with E-state index in [1.54, 1.807) is 6.20 Å². The maximum absolute atomic E-state index is 12.1. The number of nitrogens with one attached hydrogen (secondary N) is 1. The van der Waals surface area contributed by atoms with Crippen LogP contribution in [0.1, 0.15) is 40.2 Å². The second-order valence-corrected chi connectivity index (χ2v) is 6.50. The average Bonchev–Trinajstić information content (AvgIpc) is 2.50. The SMILES string of the molecule is CC(N)Cc1c(B2OC(C)(C)C(C)(C)O2)[nH]ccc1=O. The van der Waals surface area contributed by atoms with E-state index in [9.17, 15) is 4.79 Å². The summed E-state index contributed by atoms with van der Waals surface area (Å²) in [6, 6.07) is 1.41. The summed E-state index contributed by atoms with van der Waals surface area (Å²) in [5.41, 5.74) is 6.24. The van der Waals surface area contributed by atoms with Crippen molar-refractivity contribution in [2.75, 3.05) is 0 Å². The van der Waals surface area contributed by atoms with Gasteiger partial charge in [-0.15, -0.1) is 0 Å². The Morgan fingerprint density at radius 3 is 2.35 bits per heavy atom. The molecule has 0 saturated carbocycles. The molecule has 0 spiro atoms. The van der Waals surface area contributed by atoms with Crippen molar-refractivity contribution < 1.29 is 9.31 Å². The van der Waals surface area contributed by atoms with Crippen LogP contribution in [0.3, 0.4) is 0 Å². The largest absolute Gasteiger partial charge is 0.512 e. The maximum atomic E-state index is 12.1. The standard InChI is InChI=1S/C14H23BN2O3/c1-9(16)8-10-11(18)6-7-17-12(10)15-19-13(2,3)14(4,5)20-15/h6-7,9H,8,16H2,1-5H3,(H,17,18). The Hall–Kier alpha value is -1.11. The molecule has 1 unspecified atom stereocenters. The molecule has 3 N–H and O–H groups in total. The summed E-state index contributed by atoms with van der Waals surface area (Å²) in [7, 11) is -0.567. The molecule has 20 heavy (non-hydrogen) atoms. The molecule has 2 heterocycles. The Morgan fingerprint density at radius 1 is 1.30 bits per heavy atom. The first-order chi connectivity index (χ1) is 9.14. The Kier molecular flexibility index (Phi) is 3.84. The number of aromatic nitrogens is 1. The van der Waals surface area contributed by atoms with Crippen LogP contribution in [0.5, 0.6) is 0 Å². The van der Waals surface area contributed by atoms with Crippen LogP contribution < -0.4 is 16.8 Å². The summed E-state index contributed by atoms with van der Waals surface area (Å²) < 4.78 is 12.0. The topological polar surface area (TPSA) is 77.3 Å². The molecule has 0 amide bonds. The van der Waals surface area contributed by atoms with Crippen molar-refractivity contribution in [2.24, 2.45) is 5.73 Å². The van der Waals surface area contributed by atoms with Crippen LogP contribution in [0, 0.1) is 0 Å². The fourth-order valence-electron chi connectivity index (χ4n) is 2.23. The van der Waals surface area contributed by atoms with Gasteiger partial charge in [0, 0.05) is 23.9 Å². The van der Waals surface area contributed by atoms with E-state index in [1.807, 2.05) is 34.6 Å². The summed E-state index contributed by atoms with van der Waals surface area (Å²) in [5.74, 6) is 0. The predicted molar refractivity (Wildman–Crippen MR) is 80.1 cm³/mol. The minimum absolute atomic E-state index is 0.0363. The van der Waals surface area contributed by atoms with Crippen molar-refractivity contribution in [3.8, 4) is 0 Å². The normalized spacial score (nSPS) is 22.0. The quantitative estimate of drug-likeness (QED) is 0.792. The van der Waals surface area contributed by atoms with Gasteiger partial charge in [-0.3, -0.25) is 4.79 Å². The lowest BCUT2D eigenvalue weighted by Gasteiger charge is -2.32. The molecule has 1 aromatic heterocycles. The number of rotatable bonds is 3. The van der Waals surface area contributed by atoms with E-state index < -0.39 is 18.3 Å². The number of pyridine rings is 1. The van der Waals surface area contributed by atoms with Crippen LogP contribution in [-0.2, 0) is 15.7 Å². The molecule has 0 radical (unpaired) electrons. The minimum atomic E-state index is -0.567. The average molecular weight is 278 g/mol. The number of H-pyrrole nitrogens is 1.